The zero-order chi connectivity index (χ0) is 17.8. The molecule has 0 saturated carbocycles. The van der Waals surface area contributed by atoms with E-state index in [0.29, 0.717) is 21.7 Å². The molecule has 0 atom stereocenters. The van der Waals surface area contributed by atoms with E-state index >= 15 is 0 Å². The van der Waals surface area contributed by atoms with Crippen molar-refractivity contribution in [2.24, 2.45) is 5.10 Å². The third-order valence-corrected chi connectivity index (χ3v) is 3.94. The molecule has 1 amide bonds. The summed E-state index contributed by atoms with van der Waals surface area (Å²) in [6.45, 7) is 0. The third kappa shape index (κ3) is 3.56. The van der Waals surface area contributed by atoms with E-state index in [-0.39, 0.29) is 11.3 Å². The Labute approximate surface area is 149 Å². The van der Waals surface area contributed by atoms with E-state index in [1.54, 1.807) is 18.2 Å². The van der Waals surface area contributed by atoms with Gasteiger partial charge in [0, 0.05) is 16.0 Å². The molecule has 0 aliphatic heterocycles. The Kier molecular flexibility index (Phi) is 4.86. The van der Waals surface area contributed by atoms with Crippen LogP contribution in [-0.4, -0.2) is 24.3 Å². The van der Waals surface area contributed by atoms with Crippen LogP contribution in [-0.2, 0) is 0 Å². The van der Waals surface area contributed by atoms with Gasteiger partial charge in [-0.15, -0.1) is 0 Å². The molecular formula is C19H15ClN2O3. The molecule has 0 aromatic heterocycles. The van der Waals surface area contributed by atoms with Gasteiger partial charge in [0.15, 0.2) is 0 Å². The van der Waals surface area contributed by atoms with Gasteiger partial charge in [0.25, 0.3) is 5.91 Å². The molecule has 5 nitrogen and oxygen atoms in total. The molecule has 0 heterocycles. The lowest BCUT2D eigenvalue weighted by Gasteiger charge is -2.07. The van der Waals surface area contributed by atoms with E-state index < -0.39 is 5.91 Å². The van der Waals surface area contributed by atoms with Crippen molar-refractivity contribution in [1.29, 1.82) is 0 Å². The standard InChI is InChI=1S/C19H15ClN2O3/c1-25-17-9-8-14(20)10-16(17)19(24)22-21-11-13-7-6-12-4-2-3-5-15(12)18(13)23/h2-11,23H,1H3,(H,22,24)/b21-11+. The predicted octanol–water partition coefficient (Wildman–Crippen LogP) is 3.97. The Bertz CT molecular complexity index is 970. The monoisotopic (exact) mass is 354 g/mol. The third-order valence-electron chi connectivity index (χ3n) is 3.71. The van der Waals surface area contributed by atoms with Crippen molar-refractivity contribution in [1.82, 2.24) is 5.43 Å². The predicted molar refractivity (Wildman–Crippen MR) is 98.7 cm³/mol. The number of phenolic OH excluding ortho intramolecular Hbond substituents is 1. The quantitative estimate of drug-likeness (QED) is 0.550. The maximum Gasteiger partial charge on any atom is 0.275 e. The van der Waals surface area contributed by atoms with E-state index in [0.717, 1.165) is 5.39 Å². The summed E-state index contributed by atoms with van der Waals surface area (Å²) in [4.78, 5) is 12.2. The molecule has 0 bridgehead atoms. The maximum absolute atomic E-state index is 12.2. The first-order valence-electron chi connectivity index (χ1n) is 7.48. The zero-order valence-electron chi connectivity index (χ0n) is 13.4. The molecule has 0 saturated heterocycles. The summed E-state index contributed by atoms with van der Waals surface area (Å²) in [5, 5.41) is 16.3. The van der Waals surface area contributed by atoms with Crippen LogP contribution >= 0.6 is 11.6 Å². The lowest BCUT2D eigenvalue weighted by molar-refractivity contribution is 0.0952. The van der Waals surface area contributed by atoms with Crippen LogP contribution in [0.5, 0.6) is 11.5 Å². The fourth-order valence-electron chi connectivity index (χ4n) is 2.45. The van der Waals surface area contributed by atoms with Crippen LogP contribution in [0.1, 0.15) is 15.9 Å². The van der Waals surface area contributed by atoms with Crippen molar-refractivity contribution in [3.63, 3.8) is 0 Å². The number of rotatable bonds is 4. The Morgan fingerprint density at radius 3 is 2.80 bits per heavy atom. The van der Waals surface area contributed by atoms with Crippen LogP contribution in [0.15, 0.2) is 59.7 Å². The van der Waals surface area contributed by atoms with E-state index in [1.807, 2.05) is 30.3 Å². The van der Waals surface area contributed by atoms with Crippen LogP contribution in [0.25, 0.3) is 10.8 Å². The number of amides is 1. The highest BCUT2D eigenvalue weighted by molar-refractivity contribution is 6.31. The first-order valence-corrected chi connectivity index (χ1v) is 7.85. The van der Waals surface area contributed by atoms with Crippen LogP contribution in [0, 0.1) is 0 Å². The molecule has 0 aliphatic carbocycles. The molecule has 0 fully saturated rings. The van der Waals surface area contributed by atoms with Gasteiger partial charge in [0.2, 0.25) is 0 Å². The molecule has 0 radical (unpaired) electrons. The number of benzene rings is 3. The minimum Gasteiger partial charge on any atom is -0.507 e. The number of carbonyl (C=O) groups is 1. The number of methoxy groups -OCH3 is 1. The number of halogens is 1. The lowest BCUT2D eigenvalue weighted by Crippen LogP contribution is -2.18. The minimum atomic E-state index is -0.462. The van der Waals surface area contributed by atoms with Crippen molar-refractivity contribution in [3.8, 4) is 11.5 Å². The zero-order valence-corrected chi connectivity index (χ0v) is 14.1. The fourth-order valence-corrected chi connectivity index (χ4v) is 2.63. The number of aromatic hydroxyl groups is 1. The van der Waals surface area contributed by atoms with Gasteiger partial charge in [-0.25, -0.2) is 5.43 Å². The number of ether oxygens (including phenoxy) is 1. The highest BCUT2D eigenvalue weighted by atomic mass is 35.5. The van der Waals surface area contributed by atoms with Gasteiger partial charge in [0.1, 0.15) is 11.5 Å². The van der Waals surface area contributed by atoms with E-state index in [2.05, 4.69) is 10.5 Å². The summed E-state index contributed by atoms with van der Waals surface area (Å²) < 4.78 is 5.14. The van der Waals surface area contributed by atoms with Crippen molar-refractivity contribution >= 4 is 34.5 Å². The molecule has 6 heteroatoms. The summed E-state index contributed by atoms with van der Waals surface area (Å²) in [5.74, 6) is 0.0398. The lowest BCUT2D eigenvalue weighted by atomic mass is 10.1. The van der Waals surface area contributed by atoms with Crippen LogP contribution in [0.2, 0.25) is 5.02 Å². The summed E-state index contributed by atoms with van der Waals surface area (Å²) in [7, 11) is 1.47. The van der Waals surface area contributed by atoms with Gasteiger partial charge >= 0.3 is 0 Å². The topological polar surface area (TPSA) is 70.9 Å². The highest BCUT2D eigenvalue weighted by Crippen LogP contribution is 2.27. The average Bonchev–Trinajstić information content (AvgIpc) is 2.63. The smallest absolute Gasteiger partial charge is 0.275 e. The number of phenols is 1. The second kappa shape index (κ2) is 7.23. The van der Waals surface area contributed by atoms with Gasteiger partial charge in [-0.2, -0.15) is 5.10 Å². The number of hydrogen-bond donors (Lipinski definition) is 2. The SMILES string of the molecule is COc1ccc(Cl)cc1C(=O)N/N=C/c1ccc2ccccc2c1O. The van der Waals surface area contributed by atoms with Crippen LogP contribution < -0.4 is 10.2 Å². The van der Waals surface area contributed by atoms with Crippen molar-refractivity contribution in [3.05, 3.63) is 70.7 Å². The molecule has 126 valence electrons. The molecular weight excluding hydrogens is 340 g/mol. The molecule has 3 rings (SSSR count). The Balaban J connectivity index is 1.81. The highest BCUT2D eigenvalue weighted by Gasteiger charge is 2.12. The Morgan fingerprint density at radius 2 is 2.00 bits per heavy atom. The van der Waals surface area contributed by atoms with Crippen LogP contribution in [0.4, 0.5) is 0 Å². The molecule has 3 aromatic rings. The Morgan fingerprint density at radius 1 is 1.20 bits per heavy atom. The normalized spacial score (nSPS) is 11.0. The summed E-state index contributed by atoms with van der Waals surface area (Å²) in [6.07, 6.45) is 1.39. The van der Waals surface area contributed by atoms with Crippen molar-refractivity contribution < 1.29 is 14.6 Å². The molecule has 0 unspecified atom stereocenters. The van der Waals surface area contributed by atoms with Gasteiger partial charge in [-0.1, -0.05) is 41.9 Å². The first kappa shape index (κ1) is 16.8. The average molecular weight is 355 g/mol. The van der Waals surface area contributed by atoms with Gasteiger partial charge in [0.05, 0.1) is 18.9 Å². The molecule has 2 N–H and O–H groups in total. The van der Waals surface area contributed by atoms with Crippen molar-refractivity contribution in [2.75, 3.05) is 7.11 Å². The number of carbonyl (C=O) groups excluding carboxylic acids is 1. The molecule has 25 heavy (non-hydrogen) atoms. The second-order valence-corrected chi connectivity index (χ2v) is 5.70. The van der Waals surface area contributed by atoms with E-state index in [1.165, 1.54) is 19.4 Å². The number of hydrogen-bond acceptors (Lipinski definition) is 4. The number of nitrogens with zero attached hydrogens (tertiary/aromatic N) is 1. The van der Waals surface area contributed by atoms with Crippen molar-refractivity contribution in [2.45, 2.75) is 0 Å². The Hall–Kier alpha value is -3.05. The van der Waals surface area contributed by atoms with Gasteiger partial charge in [-0.05, 0) is 29.7 Å². The fraction of sp³-hybridized carbons (Fsp3) is 0.0526. The second-order valence-electron chi connectivity index (χ2n) is 5.27. The van der Waals surface area contributed by atoms with E-state index in [4.69, 9.17) is 16.3 Å². The van der Waals surface area contributed by atoms with Gasteiger partial charge in [-0.3, -0.25) is 4.79 Å². The molecule has 0 spiro atoms. The maximum atomic E-state index is 12.2. The molecule has 3 aromatic carbocycles. The minimum absolute atomic E-state index is 0.108. The largest absolute Gasteiger partial charge is 0.507 e. The summed E-state index contributed by atoms with van der Waals surface area (Å²) in [6, 6.07) is 15.8. The first-order chi connectivity index (χ1) is 12.1. The summed E-state index contributed by atoms with van der Waals surface area (Å²) in [5.41, 5.74) is 3.18. The van der Waals surface area contributed by atoms with E-state index in [9.17, 15) is 9.90 Å². The number of fused-ring (bicyclic) bond motifs is 1. The summed E-state index contributed by atoms with van der Waals surface area (Å²) >= 11 is 5.92. The van der Waals surface area contributed by atoms with Crippen LogP contribution in [0.3, 0.4) is 0 Å². The number of hydrazone groups is 1. The number of nitrogens with one attached hydrogen (secondary N) is 1. The van der Waals surface area contributed by atoms with Gasteiger partial charge < -0.3 is 9.84 Å². The molecule has 0 aliphatic rings.